The fourth-order valence-corrected chi connectivity index (χ4v) is 2.08. The Balaban J connectivity index is 2.90. The molecule has 1 heterocycles. The van der Waals surface area contributed by atoms with Crippen molar-refractivity contribution in [1.29, 1.82) is 0 Å². The fourth-order valence-electron chi connectivity index (χ4n) is 2.08. The molecular formula is C14H26N4. The lowest BCUT2D eigenvalue weighted by atomic mass is 10.1. The van der Waals surface area contributed by atoms with Crippen LogP contribution in [0.3, 0.4) is 0 Å². The van der Waals surface area contributed by atoms with E-state index in [1.165, 1.54) is 12.0 Å². The maximum atomic E-state index is 4.40. The highest BCUT2D eigenvalue weighted by Crippen LogP contribution is 2.22. The molecule has 0 bridgehead atoms. The molecule has 0 aliphatic rings. The van der Waals surface area contributed by atoms with E-state index >= 15 is 0 Å². The zero-order valence-electron chi connectivity index (χ0n) is 12.1. The monoisotopic (exact) mass is 250 g/mol. The zero-order valence-corrected chi connectivity index (χ0v) is 12.1. The van der Waals surface area contributed by atoms with Gasteiger partial charge in [-0.1, -0.05) is 26.7 Å². The second-order valence-corrected chi connectivity index (χ2v) is 4.66. The van der Waals surface area contributed by atoms with Crippen LogP contribution in [0, 0.1) is 0 Å². The highest BCUT2D eigenvalue weighted by atomic mass is 15.1. The second kappa shape index (κ2) is 7.90. The van der Waals surface area contributed by atoms with Gasteiger partial charge in [0.25, 0.3) is 0 Å². The molecule has 1 aromatic rings. The van der Waals surface area contributed by atoms with Gasteiger partial charge in [-0.15, -0.1) is 0 Å². The molecule has 1 rings (SSSR count). The molecule has 4 nitrogen and oxygen atoms in total. The Labute approximate surface area is 111 Å². The minimum atomic E-state index is 0.454. The van der Waals surface area contributed by atoms with Gasteiger partial charge in [-0.2, -0.15) is 0 Å². The van der Waals surface area contributed by atoms with E-state index in [-0.39, 0.29) is 0 Å². The third-order valence-corrected chi connectivity index (χ3v) is 2.89. The van der Waals surface area contributed by atoms with Crippen LogP contribution in [0.25, 0.3) is 0 Å². The van der Waals surface area contributed by atoms with E-state index in [2.05, 4.69) is 48.3 Å². The summed E-state index contributed by atoms with van der Waals surface area (Å²) in [5.74, 6) is 1.96. The first kappa shape index (κ1) is 14.7. The van der Waals surface area contributed by atoms with Crippen LogP contribution in [0.4, 0.5) is 11.6 Å². The Bertz CT molecular complexity index is 352. The van der Waals surface area contributed by atoms with E-state index in [0.717, 1.165) is 37.4 Å². The summed E-state index contributed by atoms with van der Waals surface area (Å²) in [6, 6.07) is 0.454. The Kier molecular flexibility index (Phi) is 6.47. The number of hydrogen-bond donors (Lipinski definition) is 2. The van der Waals surface area contributed by atoms with Crippen LogP contribution in [-0.4, -0.2) is 22.6 Å². The van der Waals surface area contributed by atoms with Gasteiger partial charge in [-0.25, -0.2) is 9.97 Å². The second-order valence-electron chi connectivity index (χ2n) is 4.66. The van der Waals surface area contributed by atoms with Crippen molar-refractivity contribution in [2.45, 2.75) is 59.4 Å². The Morgan fingerprint density at radius 1 is 1.11 bits per heavy atom. The summed E-state index contributed by atoms with van der Waals surface area (Å²) in [7, 11) is 0. The summed E-state index contributed by atoms with van der Waals surface area (Å²) < 4.78 is 0. The van der Waals surface area contributed by atoms with Crippen molar-refractivity contribution in [2.24, 2.45) is 0 Å². The normalized spacial score (nSPS) is 12.2. The molecule has 1 unspecified atom stereocenters. The van der Waals surface area contributed by atoms with E-state index in [9.17, 15) is 0 Å². The van der Waals surface area contributed by atoms with Crippen LogP contribution in [-0.2, 0) is 6.42 Å². The topological polar surface area (TPSA) is 49.8 Å². The third-order valence-electron chi connectivity index (χ3n) is 2.89. The van der Waals surface area contributed by atoms with Crippen LogP contribution in [0.2, 0.25) is 0 Å². The molecule has 2 N–H and O–H groups in total. The summed E-state index contributed by atoms with van der Waals surface area (Å²) in [5, 5.41) is 6.82. The van der Waals surface area contributed by atoms with E-state index < -0.39 is 0 Å². The van der Waals surface area contributed by atoms with Crippen LogP contribution in [0.1, 0.15) is 52.5 Å². The molecular weight excluding hydrogens is 224 g/mol. The standard InChI is InChI=1S/C14H26N4/c1-5-8-11(4)18-14-12(9-6-2)13(15-7-3)16-10-17-14/h10-11H,5-9H2,1-4H3,(H2,15,16,17,18). The van der Waals surface area contributed by atoms with Gasteiger partial charge in [-0.05, 0) is 26.7 Å². The molecule has 0 aliphatic carbocycles. The zero-order chi connectivity index (χ0) is 13.4. The maximum absolute atomic E-state index is 4.40. The molecule has 0 radical (unpaired) electrons. The van der Waals surface area contributed by atoms with Crippen LogP contribution < -0.4 is 10.6 Å². The summed E-state index contributed by atoms with van der Waals surface area (Å²) in [6.45, 7) is 9.56. The predicted octanol–water partition coefficient (Wildman–Crippen LogP) is 3.46. The van der Waals surface area contributed by atoms with Crippen LogP contribution in [0.15, 0.2) is 6.33 Å². The Morgan fingerprint density at radius 2 is 1.83 bits per heavy atom. The lowest BCUT2D eigenvalue weighted by molar-refractivity contribution is 0.685. The van der Waals surface area contributed by atoms with Gasteiger partial charge in [-0.3, -0.25) is 0 Å². The molecule has 1 aromatic heterocycles. The van der Waals surface area contributed by atoms with Crippen molar-refractivity contribution >= 4 is 11.6 Å². The first-order chi connectivity index (χ1) is 8.72. The first-order valence-electron chi connectivity index (χ1n) is 7.07. The van der Waals surface area contributed by atoms with Gasteiger partial charge in [0, 0.05) is 18.2 Å². The fraction of sp³-hybridized carbons (Fsp3) is 0.714. The van der Waals surface area contributed by atoms with Gasteiger partial charge < -0.3 is 10.6 Å². The Hall–Kier alpha value is -1.32. The average Bonchev–Trinajstić information content (AvgIpc) is 2.34. The largest absolute Gasteiger partial charge is 0.370 e. The molecule has 0 aliphatic heterocycles. The van der Waals surface area contributed by atoms with Gasteiger partial charge in [0.1, 0.15) is 18.0 Å². The van der Waals surface area contributed by atoms with Crippen LogP contribution in [0.5, 0.6) is 0 Å². The highest BCUT2D eigenvalue weighted by Gasteiger charge is 2.11. The Morgan fingerprint density at radius 3 is 2.44 bits per heavy atom. The molecule has 0 amide bonds. The third kappa shape index (κ3) is 4.17. The first-order valence-corrected chi connectivity index (χ1v) is 7.07. The summed E-state index contributed by atoms with van der Waals surface area (Å²) in [5.41, 5.74) is 1.21. The molecule has 0 spiro atoms. The average molecular weight is 250 g/mol. The number of anilines is 2. The summed E-state index contributed by atoms with van der Waals surface area (Å²) >= 11 is 0. The lowest BCUT2D eigenvalue weighted by Gasteiger charge is -2.18. The van der Waals surface area contributed by atoms with Crippen molar-refractivity contribution in [1.82, 2.24) is 9.97 Å². The molecule has 0 fully saturated rings. The molecule has 18 heavy (non-hydrogen) atoms. The number of nitrogens with one attached hydrogen (secondary N) is 2. The molecule has 1 atom stereocenters. The summed E-state index contributed by atoms with van der Waals surface area (Å²) in [6.07, 6.45) is 6.08. The van der Waals surface area contributed by atoms with Crippen molar-refractivity contribution in [3.8, 4) is 0 Å². The minimum absolute atomic E-state index is 0.454. The van der Waals surface area contributed by atoms with Gasteiger partial charge in [0.2, 0.25) is 0 Å². The number of nitrogens with zero attached hydrogens (tertiary/aromatic N) is 2. The predicted molar refractivity (Wildman–Crippen MR) is 78.2 cm³/mol. The SMILES string of the molecule is CCCc1c(NCC)ncnc1NC(C)CCC. The van der Waals surface area contributed by atoms with Gasteiger partial charge in [0.05, 0.1) is 0 Å². The lowest BCUT2D eigenvalue weighted by Crippen LogP contribution is -2.18. The van der Waals surface area contributed by atoms with Gasteiger partial charge >= 0.3 is 0 Å². The molecule has 0 saturated heterocycles. The van der Waals surface area contributed by atoms with E-state index in [1.807, 2.05) is 0 Å². The van der Waals surface area contributed by atoms with Gasteiger partial charge in [0.15, 0.2) is 0 Å². The van der Waals surface area contributed by atoms with Crippen molar-refractivity contribution in [3.63, 3.8) is 0 Å². The molecule has 102 valence electrons. The van der Waals surface area contributed by atoms with E-state index in [4.69, 9.17) is 0 Å². The molecule has 0 aromatic carbocycles. The number of hydrogen-bond acceptors (Lipinski definition) is 4. The smallest absolute Gasteiger partial charge is 0.134 e. The molecule has 0 saturated carbocycles. The van der Waals surface area contributed by atoms with Crippen molar-refractivity contribution < 1.29 is 0 Å². The number of rotatable bonds is 8. The summed E-state index contributed by atoms with van der Waals surface area (Å²) in [4.78, 5) is 8.74. The number of aromatic nitrogens is 2. The van der Waals surface area contributed by atoms with Crippen molar-refractivity contribution in [3.05, 3.63) is 11.9 Å². The van der Waals surface area contributed by atoms with E-state index in [1.54, 1.807) is 6.33 Å². The quantitative estimate of drug-likeness (QED) is 0.742. The molecule has 4 heteroatoms. The minimum Gasteiger partial charge on any atom is -0.370 e. The highest BCUT2D eigenvalue weighted by molar-refractivity contribution is 5.57. The maximum Gasteiger partial charge on any atom is 0.134 e. The van der Waals surface area contributed by atoms with Crippen molar-refractivity contribution in [2.75, 3.05) is 17.2 Å². The van der Waals surface area contributed by atoms with Crippen LogP contribution >= 0.6 is 0 Å². The van der Waals surface area contributed by atoms with E-state index in [0.29, 0.717) is 6.04 Å².